The average Bonchev–Trinajstić information content (AvgIpc) is 2.36. The number of nitrogens with one attached hydrogen (secondary N) is 1. The Bertz CT molecular complexity index is 141. The maximum Gasteiger partial charge on any atom is 0.0590 e. The van der Waals surface area contributed by atoms with E-state index in [0.29, 0.717) is 0 Å². The highest BCUT2D eigenvalue weighted by Gasteiger charge is 1.97. The molecule has 104 valence electrons. The molecule has 0 radical (unpaired) electrons. The predicted molar refractivity (Wildman–Crippen MR) is 72.6 cm³/mol. The minimum Gasteiger partial charge on any atom is -0.385 e. The Morgan fingerprint density at radius 1 is 0.941 bits per heavy atom. The molecule has 0 atom stereocenters. The van der Waals surface area contributed by atoms with Crippen LogP contribution in [-0.4, -0.2) is 64.6 Å². The highest BCUT2D eigenvalue weighted by atomic mass is 16.5. The minimum atomic E-state index is 0.789. The number of rotatable bonds is 13. The van der Waals surface area contributed by atoms with Crippen LogP contribution in [0.25, 0.3) is 0 Å². The molecule has 0 unspecified atom stereocenters. The molecule has 0 heterocycles. The van der Waals surface area contributed by atoms with E-state index in [4.69, 9.17) is 9.47 Å². The fraction of sp³-hybridized carbons (Fsp3) is 1.00. The summed E-state index contributed by atoms with van der Waals surface area (Å²) in [7, 11) is 1.72. The third-order valence-electron chi connectivity index (χ3n) is 2.78. The maximum absolute atomic E-state index is 5.45. The summed E-state index contributed by atoms with van der Waals surface area (Å²) < 4.78 is 10.4. The zero-order chi connectivity index (χ0) is 12.8. The van der Waals surface area contributed by atoms with E-state index in [-0.39, 0.29) is 0 Å². The molecular formula is C13H30N2O2. The lowest BCUT2D eigenvalue weighted by molar-refractivity contribution is 0.104. The average molecular weight is 246 g/mol. The summed E-state index contributed by atoms with van der Waals surface area (Å²) in [6, 6.07) is 0. The second-order valence-electron chi connectivity index (χ2n) is 4.09. The molecule has 0 aromatic heterocycles. The molecule has 0 aromatic carbocycles. The summed E-state index contributed by atoms with van der Waals surface area (Å²) in [4.78, 5) is 2.45. The fourth-order valence-corrected chi connectivity index (χ4v) is 1.64. The van der Waals surface area contributed by atoms with Crippen LogP contribution in [0.4, 0.5) is 0 Å². The van der Waals surface area contributed by atoms with Gasteiger partial charge in [-0.15, -0.1) is 0 Å². The van der Waals surface area contributed by atoms with Crippen molar-refractivity contribution in [2.24, 2.45) is 0 Å². The standard InChI is InChI=1S/C13H30N2O2/c1-4-15(5-2)10-6-8-14-9-13-17-12-7-11-16-3/h14H,4-13H2,1-3H3. The van der Waals surface area contributed by atoms with E-state index in [1.807, 2.05) is 0 Å². The zero-order valence-electron chi connectivity index (χ0n) is 11.8. The van der Waals surface area contributed by atoms with Gasteiger partial charge >= 0.3 is 0 Å². The van der Waals surface area contributed by atoms with E-state index in [2.05, 4.69) is 24.1 Å². The van der Waals surface area contributed by atoms with E-state index in [1.165, 1.54) is 13.0 Å². The van der Waals surface area contributed by atoms with E-state index in [9.17, 15) is 0 Å². The molecule has 0 aliphatic heterocycles. The first-order valence-corrected chi connectivity index (χ1v) is 6.84. The molecule has 0 saturated carbocycles. The minimum absolute atomic E-state index is 0.789. The highest BCUT2D eigenvalue weighted by molar-refractivity contribution is 4.54. The van der Waals surface area contributed by atoms with Crippen LogP contribution in [0.2, 0.25) is 0 Å². The molecule has 0 aliphatic carbocycles. The van der Waals surface area contributed by atoms with Crippen LogP contribution in [0, 0.1) is 0 Å². The molecule has 0 amide bonds. The number of hydrogen-bond donors (Lipinski definition) is 1. The van der Waals surface area contributed by atoms with Crippen molar-refractivity contribution < 1.29 is 9.47 Å². The van der Waals surface area contributed by atoms with Crippen molar-refractivity contribution in [2.75, 3.05) is 59.7 Å². The molecule has 4 heteroatoms. The Kier molecular flexibility index (Phi) is 13.8. The van der Waals surface area contributed by atoms with E-state index in [1.54, 1.807) is 7.11 Å². The monoisotopic (exact) mass is 246 g/mol. The fourth-order valence-electron chi connectivity index (χ4n) is 1.64. The van der Waals surface area contributed by atoms with Gasteiger partial charge in [0.1, 0.15) is 0 Å². The first kappa shape index (κ1) is 16.8. The maximum atomic E-state index is 5.45. The Morgan fingerprint density at radius 2 is 1.71 bits per heavy atom. The van der Waals surface area contributed by atoms with Crippen molar-refractivity contribution in [1.82, 2.24) is 10.2 Å². The van der Waals surface area contributed by atoms with Gasteiger partial charge in [-0.25, -0.2) is 0 Å². The van der Waals surface area contributed by atoms with Crippen molar-refractivity contribution in [3.8, 4) is 0 Å². The Morgan fingerprint density at radius 3 is 2.35 bits per heavy atom. The van der Waals surface area contributed by atoms with Crippen molar-refractivity contribution >= 4 is 0 Å². The number of hydrogen-bond acceptors (Lipinski definition) is 4. The van der Waals surface area contributed by atoms with Crippen LogP contribution in [0.1, 0.15) is 26.7 Å². The second kappa shape index (κ2) is 13.9. The first-order valence-electron chi connectivity index (χ1n) is 6.84. The third kappa shape index (κ3) is 12.1. The smallest absolute Gasteiger partial charge is 0.0590 e. The quantitative estimate of drug-likeness (QED) is 0.498. The first-order chi connectivity index (χ1) is 8.35. The lowest BCUT2D eigenvalue weighted by Gasteiger charge is -2.17. The van der Waals surface area contributed by atoms with Crippen LogP contribution in [0.5, 0.6) is 0 Å². The molecule has 0 fully saturated rings. The van der Waals surface area contributed by atoms with Gasteiger partial charge in [-0.3, -0.25) is 0 Å². The molecule has 1 N–H and O–H groups in total. The summed E-state index contributed by atoms with van der Waals surface area (Å²) in [5, 5.41) is 3.40. The number of methoxy groups -OCH3 is 1. The van der Waals surface area contributed by atoms with Gasteiger partial charge in [-0.2, -0.15) is 0 Å². The number of ether oxygens (including phenoxy) is 2. The van der Waals surface area contributed by atoms with Gasteiger partial charge in [0.05, 0.1) is 6.61 Å². The van der Waals surface area contributed by atoms with E-state index >= 15 is 0 Å². The molecule has 0 saturated heterocycles. The van der Waals surface area contributed by atoms with E-state index < -0.39 is 0 Å². The van der Waals surface area contributed by atoms with Gasteiger partial charge in [0.2, 0.25) is 0 Å². The number of nitrogens with zero attached hydrogens (tertiary/aromatic N) is 1. The van der Waals surface area contributed by atoms with Crippen LogP contribution in [0.15, 0.2) is 0 Å². The Hall–Kier alpha value is -0.160. The topological polar surface area (TPSA) is 33.7 Å². The largest absolute Gasteiger partial charge is 0.385 e. The Labute approximate surface area is 107 Å². The van der Waals surface area contributed by atoms with Gasteiger partial charge in [0.15, 0.2) is 0 Å². The predicted octanol–water partition coefficient (Wildman–Crippen LogP) is 1.36. The summed E-state index contributed by atoms with van der Waals surface area (Å²) in [5.74, 6) is 0. The summed E-state index contributed by atoms with van der Waals surface area (Å²) in [5.41, 5.74) is 0. The molecular weight excluding hydrogens is 216 g/mol. The summed E-state index contributed by atoms with van der Waals surface area (Å²) >= 11 is 0. The van der Waals surface area contributed by atoms with Crippen molar-refractivity contribution in [2.45, 2.75) is 26.7 Å². The molecule has 0 aromatic rings. The van der Waals surface area contributed by atoms with Crippen LogP contribution in [-0.2, 0) is 9.47 Å². The molecule has 0 aliphatic rings. The van der Waals surface area contributed by atoms with Gasteiger partial charge in [-0.05, 0) is 39.0 Å². The summed E-state index contributed by atoms with van der Waals surface area (Å²) in [6.07, 6.45) is 2.20. The van der Waals surface area contributed by atoms with Crippen molar-refractivity contribution in [3.63, 3.8) is 0 Å². The van der Waals surface area contributed by atoms with Gasteiger partial charge in [-0.1, -0.05) is 13.8 Å². The Balaban J connectivity index is 3.03. The normalized spacial score (nSPS) is 11.3. The lowest BCUT2D eigenvalue weighted by Crippen LogP contribution is -2.28. The molecule has 0 spiro atoms. The third-order valence-corrected chi connectivity index (χ3v) is 2.78. The molecule has 0 rings (SSSR count). The van der Waals surface area contributed by atoms with Gasteiger partial charge in [0.25, 0.3) is 0 Å². The van der Waals surface area contributed by atoms with Gasteiger partial charge in [0, 0.05) is 26.9 Å². The second-order valence-corrected chi connectivity index (χ2v) is 4.09. The van der Waals surface area contributed by atoms with Crippen LogP contribution < -0.4 is 5.32 Å². The van der Waals surface area contributed by atoms with E-state index in [0.717, 1.165) is 52.4 Å². The molecule has 17 heavy (non-hydrogen) atoms. The zero-order valence-corrected chi connectivity index (χ0v) is 11.8. The van der Waals surface area contributed by atoms with Crippen molar-refractivity contribution in [3.05, 3.63) is 0 Å². The van der Waals surface area contributed by atoms with Crippen LogP contribution in [0.3, 0.4) is 0 Å². The summed E-state index contributed by atoms with van der Waals surface area (Å²) in [6.45, 7) is 12.3. The van der Waals surface area contributed by atoms with Crippen molar-refractivity contribution in [1.29, 1.82) is 0 Å². The molecule has 0 bridgehead atoms. The highest BCUT2D eigenvalue weighted by Crippen LogP contribution is 1.89. The SMILES string of the molecule is CCN(CC)CCCNCCOCCCOC. The lowest BCUT2D eigenvalue weighted by atomic mass is 10.3. The molecule has 4 nitrogen and oxygen atoms in total. The van der Waals surface area contributed by atoms with Gasteiger partial charge < -0.3 is 19.7 Å². The van der Waals surface area contributed by atoms with Crippen LogP contribution >= 0.6 is 0 Å².